The molecule has 0 amide bonds. The molecule has 0 atom stereocenters. The highest BCUT2D eigenvalue weighted by Crippen LogP contribution is 2.42. The number of hydrogen-bond acceptors (Lipinski definition) is 1. The van der Waals surface area contributed by atoms with Crippen LogP contribution >= 0.6 is 0 Å². The second kappa shape index (κ2) is 9.62. The molecule has 5 aromatic carbocycles. The summed E-state index contributed by atoms with van der Waals surface area (Å²) in [7, 11) is 1.90. The quantitative estimate of drug-likeness (QED) is 0.211. The standard InChI is InChI=1S/C37H27FNO/c1-24-16-17-30-31-18-19-32(38)35(29-15-9-14-27(22-29)25-10-5-3-6-11-25)37(31)40-36(30)34(24)33-23-28(20-21-39(33)2)26-12-7-4-8-13-26/h3-23H,1-2H3/q+1/i21D. The molecule has 0 radical (unpaired) electrons. The van der Waals surface area contributed by atoms with E-state index in [4.69, 9.17) is 5.79 Å². The van der Waals surface area contributed by atoms with Crippen LogP contribution < -0.4 is 4.57 Å². The van der Waals surface area contributed by atoms with Crippen molar-refractivity contribution in [2.75, 3.05) is 0 Å². The van der Waals surface area contributed by atoms with Gasteiger partial charge in [0.1, 0.15) is 25.4 Å². The molecule has 0 bridgehead atoms. The van der Waals surface area contributed by atoms with Crippen molar-refractivity contribution in [1.29, 1.82) is 0 Å². The molecule has 2 aromatic heterocycles. The molecular weight excluding hydrogens is 493 g/mol. The maximum atomic E-state index is 15.6. The summed E-state index contributed by atoms with van der Waals surface area (Å²) >= 11 is 0. The third kappa shape index (κ3) is 3.99. The largest absolute Gasteiger partial charge is 0.454 e. The van der Waals surface area contributed by atoms with E-state index in [1.807, 2.05) is 103 Å². The van der Waals surface area contributed by atoms with Crippen LogP contribution in [-0.2, 0) is 7.05 Å². The predicted octanol–water partition coefficient (Wildman–Crippen LogP) is 9.53. The van der Waals surface area contributed by atoms with Crippen LogP contribution in [0.3, 0.4) is 0 Å². The van der Waals surface area contributed by atoms with Gasteiger partial charge in [-0.15, -0.1) is 0 Å². The Bertz CT molecular complexity index is 2080. The zero-order valence-electron chi connectivity index (χ0n) is 23.3. The monoisotopic (exact) mass is 521 g/mol. The second-order valence-electron chi connectivity index (χ2n) is 10.2. The molecule has 192 valence electrons. The van der Waals surface area contributed by atoms with E-state index < -0.39 is 0 Å². The summed E-state index contributed by atoms with van der Waals surface area (Å²) in [6.45, 7) is 2.05. The van der Waals surface area contributed by atoms with E-state index in [-0.39, 0.29) is 5.82 Å². The molecule has 0 aliphatic heterocycles. The lowest BCUT2D eigenvalue weighted by Gasteiger charge is -2.08. The number of halogens is 1. The topological polar surface area (TPSA) is 17.0 Å². The molecule has 0 saturated carbocycles. The zero-order valence-corrected chi connectivity index (χ0v) is 22.3. The molecule has 0 unspecified atom stereocenters. The third-order valence-electron chi connectivity index (χ3n) is 7.66. The van der Waals surface area contributed by atoms with Crippen molar-refractivity contribution in [2.24, 2.45) is 7.05 Å². The summed E-state index contributed by atoms with van der Waals surface area (Å²) in [6.07, 6.45) is 0.387. The molecule has 2 heterocycles. The number of rotatable bonds is 4. The number of aryl methyl sites for hydroxylation is 1. The van der Waals surface area contributed by atoms with E-state index >= 15 is 4.39 Å². The van der Waals surface area contributed by atoms with Crippen LogP contribution in [0.1, 0.15) is 6.93 Å². The molecule has 0 spiro atoms. The summed E-state index contributed by atoms with van der Waals surface area (Å²) < 4.78 is 32.9. The first-order chi connectivity index (χ1) is 20.0. The number of benzene rings is 5. The molecule has 0 fully saturated rings. The molecule has 7 rings (SSSR count). The first-order valence-electron chi connectivity index (χ1n) is 13.9. The van der Waals surface area contributed by atoms with Crippen molar-refractivity contribution in [3.63, 3.8) is 0 Å². The van der Waals surface area contributed by atoms with Crippen molar-refractivity contribution in [3.8, 4) is 44.6 Å². The lowest BCUT2D eigenvalue weighted by molar-refractivity contribution is -0.660. The SMILES string of the molecule is [2H]c1cc(-c2ccccc2)cc(-c2c(C)ccc3c2oc2c(-c4cccc(-c5ccccc5)c4)c(F)ccc23)[n+]1C. The van der Waals surface area contributed by atoms with E-state index in [0.717, 1.165) is 55.4 Å². The predicted molar refractivity (Wildman–Crippen MR) is 161 cm³/mol. The van der Waals surface area contributed by atoms with E-state index in [9.17, 15) is 0 Å². The summed E-state index contributed by atoms with van der Waals surface area (Å²) in [5.74, 6) is -0.329. The van der Waals surface area contributed by atoms with Gasteiger partial charge in [-0.1, -0.05) is 91.0 Å². The minimum absolute atomic E-state index is 0.329. The van der Waals surface area contributed by atoms with Crippen LogP contribution in [0.2, 0.25) is 0 Å². The van der Waals surface area contributed by atoms with Crippen molar-refractivity contribution >= 4 is 21.9 Å². The molecule has 0 aliphatic rings. The van der Waals surface area contributed by atoms with Gasteiger partial charge >= 0.3 is 0 Å². The van der Waals surface area contributed by atoms with Crippen LogP contribution in [0, 0.1) is 12.7 Å². The lowest BCUT2D eigenvalue weighted by atomic mass is 9.96. The summed E-state index contributed by atoms with van der Waals surface area (Å²) in [4.78, 5) is 0. The maximum Gasteiger partial charge on any atom is 0.216 e. The van der Waals surface area contributed by atoms with Crippen LogP contribution in [0.5, 0.6) is 0 Å². The van der Waals surface area contributed by atoms with Crippen molar-refractivity contribution in [3.05, 3.63) is 139 Å². The fourth-order valence-electron chi connectivity index (χ4n) is 5.61. The Kier molecular flexibility index (Phi) is 5.51. The fraction of sp³-hybridized carbons (Fsp3) is 0.0541. The summed E-state index contributed by atoms with van der Waals surface area (Å²) in [5, 5.41) is 1.77. The van der Waals surface area contributed by atoms with Gasteiger partial charge in [0, 0.05) is 22.9 Å². The highest BCUT2D eigenvalue weighted by molar-refractivity contribution is 6.13. The number of nitrogens with zero attached hydrogens (tertiary/aromatic N) is 1. The molecular formula is C37H27FNO+. The average molecular weight is 522 g/mol. The van der Waals surface area contributed by atoms with Gasteiger partial charge in [-0.05, 0) is 58.5 Å². The Balaban J connectivity index is 1.48. The van der Waals surface area contributed by atoms with Gasteiger partial charge in [-0.25, -0.2) is 8.96 Å². The number of aromatic nitrogens is 1. The minimum atomic E-state index is -0.329. The number of fused-ring (bicyclic) bond motifs is 3. The van der Waals surface area contributed by atoms with Crippen molar-refractivity contribution < 1.29 is 14.7 Å². The van der Waals surface area contributed by atoms with Crippen LogP contribution in [-0.4, -0.2) is 0 Å². The maximum absolute atomic E-state index is 15.6. The minimum Gasteiger partial charge on any atom is -0.454 e. The summed E-state index contributed by atoms with van der Waals surface area (Å²) in [5.41, 5.74) is 9.28. The van der Waals surface area contributed by atoms with Gasteiger partial charge in [0.2, 0.25) is 5.69 Å². The smallest absolute Gasteiger partial charge is 0.216 e. The fourth-order valence-corrected chi connectivity index (χ4v) is 5.61. The van der Waals surface area contributed by atoms with Crippen LogP contribution in [0.15, 0.2) is 132 Å². The van der Waals surface area contributed by atoms with E-state index in [1.165, 1.54) is 6.07 Å². The number of furan rings is 1. The molecule has 2 nitrogen and oxygen atoms in total. The van der Waals surface area contributed by atoms with Gasteiger partial charge in [0.25, 0.3) is 0 Å². The highest BCUT2D eigenvalue weighted by Gasteiger charge is 2.24. The molecule has 0 saturated heterocycles. The van der Waals surface area contributed by atoms with Gasteiger partial charge in [0.15, 0.2) is 6.17 Å². The molecule has 40 heavy (non-hydrogen) atoms. The first kappa shape index (κ1) is 22.9. The summed E-state index contributed by atoms with van der Waals surface area (Å²) in [6, 6.07) is 39.5. The first-order valence-corrected chi connectivity index (χ1v) is 13.4. The van der Waals surface area contributed by atoms with Gasteiger partial charge in [-0.2, -0.15) is 0 Å². The molecule has 0 N–H and O–H groups in total. The number of hydrogen-bond donors (Lipinski definition) is 0. The molecule has 3 heteroatoms. The third-order valence-corrected chi connectivity index (χ3v) is 7.66. The number of pyridine rings is 1. The van der Waals surface area contributed by atoms with Crippen molar-refractivity contribution in [2.45, 2.75) is 6.92 Å². The normalized spacial score (nSPS) is 11.7. The lowest BCUT2D eigenvalue weighted by Crippen LogP contribution is -2.30. The Morgan fingerprint density at radius 1 is 0.600 bits per heavy atom. The van der Waals surface area contributed by atoms with Gasteiger partial charge in [0.05, 0.1) is 11.1 Å². The van der Waals surface area contributed by atoms with Crippen LogP contribution in [0.4, 0.5) is 4.39 Å². The highest BCUT2D eigenvalue weighted by atomic mass is 19.1. The average Bonchev–Trinajstić information content (AvgIpc) is 3.38. The Hall–Kier alpha value is -5.02. The molecule has 7 aromatic rings. The van der Waals surface area contributed by atoms with Crippen molar-refractivity contribution in [1.82, 2.24) is 0 Å². The van der Waals surface area contributed by atoms with E-state index in [2.05, 4.69) is 24.3 Å². The second-order valence-corrected chi connectivity index (χ2v) is 10.2. The van der Waals surface area contributed by atoms with Crippen LogP contribution in [0.25, 0.3) is 66.6 Å². The van der Waals surface area contributed by atoms with Gasteiger partial charge < -0.3 is 4.42 Å². The zero-order chi connectivity index (χ0) is 28.1. The Labute approximate surface area is 234 Å². The Morgan fingerprint density at radius 2 is 1.18 bits per heavy atom. The molecule has 0 aliphatic carbocycles. The van der Waals surface area contributed by atoms with E-state index in [1.54, 1.807) is 6.07 Å². The van der Waals surface area contributed by atoms with E-state index in [0.29, 0.717) is 22.9 Å². The Morgan fingerprint density at radius 3 is 1.88 bits per heavy atom. The van der Waals surface area contributed by atoms with Gasteiger partial charge in [-0.3, -0.25) is 0 Å².